The molecule has 2 aromatic rings. The second-order valence-corrected chi connectivity index (χ2v) is 3.23. The molecule has 0 aliphatic heterocycles. The quantitative estimate of drug-likeness (QED) is 0.885. The first-order chi connectivity index (χ1) is 8.16. The number of rotatable bonds is 3. The number of nitrogens with zero attached hydrogens (tertiary/aromatic N) is 1. The van der Waals surface area contributed by atoms with Crippen LogP contribution in [0, 0.1) is 5.82 Å². The van der Waals surface area contributed by atoms with Gasteiger partial charge >= 0.3 is 5.97 Å². The Bertz CT molecular complexity index is 557. The van der Waals surface area contributed by atoms with Gasteiger partial charge in [-0.2, -0.15) is 0 Å². The van der Waals surface area contributed by atoms with Gasteiger partial charge in [-0.1, -0.05) is 6.07 Å². The molecule has 0 aliphatic carbocycles. The van der Waals surface area contributed by atoms with Crippen LogP contribution in [-0.4, -0.2) is 16.1 Å². The molecule has 0 unspecified atom stereocenters. The number of benzene rings is 1. The van der Waals surface area contributed by atoms with Gasteiger partial charge < -0.3 is 9.84 Å². The van der Waals surface area contributed by atoms with E-state index in [9.17, 15) is 9.18 Å². The van der Waals surface area contributed by atoms with Crippen LogP contribution in [-0.2, 0) is 0 Å². The molecule has 0 saturated heterocycles. The lowest BCUT2D eigenvalue weighted by molar-refractivity contribution is 0.0696. The number of carboxylic acid groups (broad SMARTS) is 1. The molecule has 0 atom stereocenters. The van der Waals surface area contributed by atoms with E-state index in [1.807, 2.05) is 0 Å². The van der Waals surface area contributed by atoms with Crippen LogP contribution in [0.5, 0.6) is 11.6 Å². The van der Waals surface area contributed by atoms with E-state index in [1.54, 1.807) is 0 Å². The van der Waals surface area contributed by atoms with Gasteiger partial charge in [-0.15, -0.1) is 0 Å². The summed E-state index contributed by atoms with van der Waals surface area (Å²) in [7, 11) is 0. The average Bonchev–Trinajstić information content (AvgIpc) is 2.32. The number of hydrogen-bond donors (Lipinski definition) is 1. The first-order valence-electron chi connectivity index (χ1n) is 4.78. The van der Waals surface area contributed by atoms with Crippen molar-refractivity contribution in [3.05, 3.63) is 54.0 Å². The third kappa shape index (κ3) is 2.57. The second-order valence-electron chi connectivity index (χ2n) is 3.23. The fraction of sp³-hybridized carbons (Fsp3) is 0. The molecule has 86 valence electrons. The standard InChI is InChI=1S/C12H8FNO3/c13-10-5-2-6-14-11(10)17-9-4-1-3-8(7-9)12(15)16/h1-7H,(H,15,16). The van der Waals surface area contributed by atoms with Crippen molar-refractivity contribution in [2.45, 2.75) is 0 Å². The van der Waals surface area contributed by atoms with Crippen LogP contribution in [0.15, 0.2) is 42.6 Å². The van der Waals surface area contributed by atoms with Crippen LogP contribution >= 0.6 is 0 Å². The molecule has 0 radical (unpaired) electrons. The highest BCUT2D eigenvalue weighted by Crippen LogP contribution is 2.22. The van der Waals surface area contributed by atoms with Gasteiger partial charge in [0.1, 0.15) is 5.75 Å². The Kier molecular flexibility index (Phi) is 3.00. The van der Waals surface area contributed by atoms with Gasteiger partial charge in [-0.25, -0.2) is 14.2 Å². The maximum atomic E-state index is 13.2. The number of carbonyl (C=O) groups is 1. The predicted octanol–water partition coefficient (Wildman–Crippen LogP) is 2.71. The summed E-state index contributed by atoms with van der Waals surface area (Å²) in [5.41, 5.74) is 0.0684. The smallest absolute Gasteiger partial charge is 0.335 e. The van der Waals surface area contributed by atoms with Crippen molar-refractivity contribution in [2.75, 3.05) is 0 Å². The van der Waals surface area contributed by atoms with Crippen molar-refractivity contribution in [2.24, 2.45) is 0 Å². The lowest BCUT2D eigenvalue weighted by Crippen LogP contribution is -1.97. The molecule has 1 aromatic heterocycles. The van der Waals surface area contributed by atoms with E-state index in [2.05, 4.69) is 4.98 Å². The average molecular weight is 233 g/mol. The summed E-state index contributed by atoms with van der Waals surface area (Å²) in [6.45, 7) is 0. The normalized spacial score (nSPS) is 9.94. The summed E-state index contributed by atoms with van der Waals surface area (Å²) in [5, 5.41) is 8.78. The fourth-order valence-electron chi connectivity index (χ4n) is 1.25. The van der Waals surface area contributed by atoms with Crippen molar-refractivity contribution in [3.63, 3.8) is 0 Å². The Morgan fingerprint density at radius 1 is 1.29 bits per heavy atom. The van der Waals surface area contributed by atoms with E-state index < -0.39 is 11.8 Å². The molecule has 1 N–H and O–H groups in total. The number of halogens is 1. The molecule has 1 heterocycles. The van der Waals surface area contributed by atoms with Crippen molar-refractivity contribution in [3.8, 4) is 11.6 Å². The number of hydrogen-bond acceptors (Lipinski definition) is 3. The van der Waals surface area contributed by atoms with E-state index in [1.165, 1.54) is 42.6 Å². The third-order valence-corrected chi connectivity index (χ3v) is 2.02. The highest BCUT2D eigenvalue weighted by molar-refractivity contribution is 5.88. The Labute approximate surface area is 96.3 Å². The second kappa shape index (κ2) is 4.61. The number of carboxylic acids is 1. The summed E-state index contributed by atoms with van der Waals surface area (Å²) < 4.78 is 18.4. The molecule has 2 rings (SSSR count). The maximum Gasteiger partial charge on any atom is 0.335 e. The number of ether oxygens (including phenoxy) is 1. The molecule has 5 heteroatoms. The van der Waals surface area contributed by atoms with E-state index in [-0.39, 0.29) is 17.2 Å². The largest absolute Gasteiger partial charge is 0.478 e. The van der Waals surface area contributed by atoms with Gasteiger partial charge in [-0.3, -0.25) is 0 Å². The Balaban J connectivity index is 2.28. The SMILES string of the molecule is O=C(O)c1cccc(Oc2ncccc2F)c1. The Morgan fingerprint density at radius 2 is 2.12 bits per heavy atom. The number of aromatic carboxylic acids is 1. The van der Waals surface area contributed by atoms with Crippen molar-refractivity contribution in [1.29, 1.82) is 0 Å². The molecule has 0 aliphatic rings. The molecule has 0 spiro atoms. The molecule has 1 aromatic carbocycles. The third-order valence-electron chi connectivity index (χ3n) is 2.02. The van der Waals surface area contributed by atoms with Gasteiger partial charge in [0, 0.05) is 6.20 Å². The predicted molar refractivity (Wildman–Crippen MR) is 57.7 cm³/mol. The molecule has 0 saturated carbocycles. The summed E-state index contributed by atoms with van der Waals surface area (Å²) in [5.74, 6) is -1.64. The molecule has 0 bridgehead atoms. The number of aromatic nitrogens is 1. The van der Waals surface area contributed by atoms with Gasteiger partial charge in [-0.05, 0) is 30.3 Å². The Morgan fingerprint density at radius 3 is 2.82 bits per heavy atom. The lowest BCUT2D eigenvalue weighted by Gasteiger charge is -2.05. The maximum absolute atomic E-state index is 13.2. The van der Waals surface area contributed by atoms with Gasteiger partial charge in [0.15, 0.2) is 5.82 Å². The van der Waals surface area contributed by atoms with Crippen molar-refractivity contribution in [1.82, 2.24) is 4.98 Å². The zero-order chi connectivity index (χ0) is 12.3. The van der Waals surface area contributed by atoms with Crippen LogP contribution in [0.1, 0.15) is 10.4 Å². The lowest BCUT2D eigenvalue weighted by atomic mass is 10.2. The van der Waals surface area contributed by atoms with Crippen LogP contribution < -0.4 is 4.74 Å². The van der Waals surface area contributed by atoms with E-state index in [0.717, 1.165) is 0 Å². The minimum atomic E-state index is -1.07. The van der Waals surface area contributed by atoms with Crippen LogP contribution in [0.25, 0.3) is 0 Å². The Hall–Kier alpha value is -2.43. The summed E-state index contributed by atoms with van der Waals surface area (Å²) in [4.78, 5) is 14.4. The molecular weight excluding hydrogens is 225 g/mol. The summed E-state index contributed by atoms with van der Waals surface area (Å²) >= 11 is 0. The van der Waals surface area contributed by atoms with Crippen molar-refractivity contribution < 1.29 is 19.0 Å². The van der Waals surface area contributed by atoms with Gasteiger partial charge in [0.25, 0.3) is 5.88 Å². The summed E-state index contributed by atoms with van der Waals surface area (Å²) in [6.07, 6.45) is 1.39. The van der Waals surface area contributed by atoms with Crippen LogP contribution in [0.4, 0.5) is 4.39 Å². The topological polar surface area (TPSA) is 59.4 Å². The molecule has 17 heavy (non-hydrogen) atoms. The van der Waals surface area contributed by atoms with Gasteiger partial charge in [0.2, 0.25) is 0 Å². The zero-order valence-electron chi connectivity index (χ0n) is 8.63. The minimum absolute atomic E-state index is 0.0684. The zero-order valence-corrected chi connectivity index (χ0v) is 8.63. The molecule has 0 amide bonds. The first-order valence-corrected chi connectivity index (χ1v) is 4.78. The first kappa shape index (κ1) is 11.1. The summed E-state index contributed by atoms with van der Waals surface area (Å²) in [6, 6.07) is 8.42. The van der Waals surface area contributed by atoms with E-state index >= 15 is 0 Å². The minimum Gasteiger partial charge on any atom is -0.478 e. The molecular formula is C12H8FNO3. The molecule has 4 nitrogen and oxygen atoms in total. The van der Waals surface area contributed by atoms with Crippen molar-refractivity contribution >= 4 is 5.97 Å². The highest BCUT2D eigenvalue weighted by atomic mass is 19.1. The molecule has 0 fully saturated rings. The fourth-order valence-corrected chi connectivity index (χ4v) is 1.25. The van der Waals surface area contributed by atoms with E-state index in [4.69, 9.17) is 9.84 Å². The number of pyridine rings is 1. The van der Waals surface area contributed by atoms with Gasteiger partial charge in [0.05, 0.1) is 5.56 Å². The monoisotopic (exact) mass is 233 g/mol. The van der Waals surface area contributed by atoms with Crippen LogP contribution in [0.2, 0.25) is 0 Å². The van der Waals surface area contributed by atoms with Crippen LogP contribution in [0.3, 0.4) is 0 Å². The van der Waals surface area contributed by atoms with E-state index in [0.29, 0.717) is 0 Å². The highest BCUT2D eigenvalue weighted by Gasteiger charge is 2.07.